The number of phenolic OH excluding ortho intramolecular Hbond substituents is 1. The molecule has 0 radical (unpaired) electrons. The number of aliphatic hydroxyl groups is 1. The minimum absolute atomic E-state index is 0.0425. The van der Waals surface area contributed by atoms with E-state index < -0.39 is 11.0 Å². The maximum atomic E-state index is 13.3. The third-order valence-electron chi connectivity index (χ3n) is 9.79. The second kappa shape index (κ2) is 7.83. The predicted molar refractivity (Wildman–Crippen MR) is 137 cm³/mol. The molecule has 2 aromatic carbocycles. The number of phenols is 1. The summed E-state index contributed by atoms with van der Waals surface area (Å²) in [6.45, 7) is 1.97. The van der Waals surface area contributed by atoms with Crippen LogP contribution in [0.25, 0.3) is 6.08 Å². The van der Waals surface area contributed by atoms with Gasteiger partial charge in [0.25, 0.3) is 0 Å². The number of carbonyl (C=O) groups excluding carboxylic acids is 1. The van der Waals surface area contributed by atoms with Crippen molar-refractivity contribution in [2.75, 3.05) is 20.1 Å². The molecule has 1 amide bonds. The van der Waals surface area contributed by atoms with E-state index in [1.165, 1.54) is 18.4 Å². The molecule has 5 atom stereocenters. The molecule has 3 aliphatic carbocycles. The van der Waals surface area contributed by atoms with Crippen LogP contribution in [0.15, 0.2) is 48.5 Å². The highest BCUT2D eigenvalue weighted by atomic mass is 16.5. The van der Waals surface area contributed by atoms with Gasteiger partial charge < -0.3 is 19.8 Å². The highest BCUT2D eigenvalue weighted by Crippen LogP contribution is 2.66. The Kier molecular flexibility index (Phi) is 4.87. The van der Waals surface area contributed by atoms with Gasteiger partial charge in [0.05, 0.1) is 17.1 Å². The molecule has 36 heavy (non-hydrogen) atoms. The van der Waals surface area contributed by atoms with Crippen LogP contribution in [0.3, 0.4) is 0 Å². The minimum Gasteiger partial charge on any atom is -0.504 e. The minimum atomic E-state index is -0.933. The summed E-state index contributed by atoms with van der Waals surface area (Å²) in [5.41, 5.74) is 1.62. The van der Waals surface area contributed by atoms with Crippen molar-refractivity contribution in [3.63, 3.8) is 0 Å². The van der Waals surface area contributed by atoms with Crippen molar-refractivity contribution in [3.8, 4) is 11.5 Å². The summed E-state index contributed by atoms with van der Waals surface area (Å²) >= 11 is 0. The number of carbonyl (C=O) groups is 1. The molecule has 1 saturated heterocycles. The van der Waals surface area contributed by atoms with Gasteiger partial charge in [0.15, 0.2) is 11.5 Å². The fourth-order valence-corrected chi connectivity index (χ4v) is 7.86. The number of rotatable bonds is 5. The van der Waals surface area contributed by atoms with E-state index in [0.29, 0.717) is 18.6 Å². The summed E-state index contributed by atoms with van der Waals surface area (Å²) in [6, 6.07) is 13.4. The van der Waals surface area contributed by atoms with Gasteiger partial charge in [0, 0.05) is 31.3 Å². The molecule has 1 spiro atoms. The van der Waals surface area contributed by atoms with Gasteiger partial charge in [-0.1, -0.05) is 36.4 Å². The van der Waals surface area contributed by atoms with Gasteiger partial charge in [-0.25, -0.2) is 0 Å². The van der Waals surface area contributed by atoms with Crippen LogP contribution in [-0.2, 0) is 16.6 Å². The maximum Gasteiger partial charge on any atom is 0.246 e. The first-order chi connectivity index (χ1) is 17.4. The summed E-state index contributed by atoms with van der Waals surface area (Å²) in [5, 5.41) is 23.4. The predicted octanol–water partition coefficient (Wildman–Crippen LogP) is 3.50. The summed E-state index contributed by atoms with van der Waals surface area (Å²) < 4.78 is 6.60. The largest absolute Gasteiger partial charge is 0.504 e. The fourth-order valence-electron chi connectivity index (χ4n) is 7.86. The van der Waals surface area contributed by atoms with Gasteiger partial charge in [-0.05, 0) is 74.3 Å². The van der Waals surface area contributed by atoms with Crippen LogP contribution in [0.1, 0.15) is 48.8 Å². The molecule has 3 fully saturated rings. The van der Waals surface area contributed by atoms with Crippen LogP contribution in [0.4, 0.5) is 0 Å². The first kappa shape index (κ1) is 22.4. The highest BCUT2D eigenvalue weighted by Gasteiger charge is 2.73. The van der Waals surface area contributed by atoms with Crippen molar-refractivity contribution in [2.45, 2.75) is 67.7 Å². The second-order valence-electron chi connectivity index (χ2n) is 11.6. The van der Waals surface area contributed by atoms with Crippen LogP contribution >= 0.6 is 0 Å². The third kappa shape index (κ3) is 3.00. The Morgan fingerprint density at radius 3 is 2.75 bits per heavy atom. The standard InChI is InChI=1S/C30H34N2O4/c1-31(25(34)12-9-19-5-3-2-4-6-19)22-13-14-30(35)24-17-21-10-11-23(33)27-26(21)29(30,28(22)36-27)15-16-32(24)18-20-7-8-20/h2-6,9-12,20,22,24,28,33,35H,7-8,13-18H2,1H3/b12-9+/t22?,24-,28+,29+,30-/m1/s1. The second-order valence-corrected chi connectivity index (χ2v) is 11.6. The summed E-state index contributed by atoms with van der Waals surface area (Å²) in [4.78, 5) is 17.6. The van der Waals surface area contributed by atoms with Gasteiger partial charge in [-0.3, -0.25) is 9.69 Å². The number of ether oxygens (including phenoxy) is 1. The van der Waals surface area contributed by atoms with E-state index in [0.717, 1.165) is 43.0 Å². The lowest BCUT2D eigenvalue weighted by atomic mass is 9.48. The van der Waals surface area contributed by atoms with E-state index in [-0.39, 0.29) is 29.8 Å². The Labute approximate surface area is 212 Å². The molecule has 2 N–H and O–H groups in total. The van der Waals surface area contributed by atoms with Gasteiger partial charge in [-0.15, -0.1) is 0 Å². The fraction of sp³-hybridized carbons (Fsp3) is 0.500. The van der Waals surface area contributed by atoms with Gasteiger partial charge >= 0.3 is 0 Å². The van der Waals surface area contributed by atoms with E-state index >= 15 is 0 Å². The third-order valence-corrected chi connectivity index (χ3v) is 9.79. The number of hydrogen-bond donors (Lipinski definition) is 2. The number of likely N-dealkylation sites (tertiary alicyclic amines) is 1. The molecule has 6 heteroatoms. The number of nitrogens with zero attached hydrogens (tertiary/aromatic N) is 2. The van der Waals surface area contributed by atoms with Crippen molar-refractivity contribution >= 4 is 12.0 Å². The molecule has 7 rings (SSSR count). The Balaban J connectivity index is 1.26. The highest BCUT2D eigenvalue weighted by molar-refractivity contribution is 5.92. The van der Waals surface area contributed by atoms with Gasteiger partial charge in [0.1, 0.15) is 6.10 Å². The summed E-state index contributed by atoms with van der Waals surface area (Å²) in [5.74, 6) is 1.34. The average molecular weight is 487 g/mol. The Bertz CT molecular complexity index is 1240. The summed E-state index contributed by atoms with van der Waals surface area (Å²) in [7, 11) is 1.85. The smallest absolute Gasteiger partial charge is 0.246 e. The Hall–Kier alpha value is -2.83. The molecule has 0 aromatic heterocycles. The van der Waals surface area contributed by atoms with Crippen molar-refractivity contribution in [1.82, 2.24) is 9.80 Å². The van der Waals surface area contributed by atoms with E-state index in [2.05, 4.69) is 4.90 Å². The summed E-state index contributed by atoms with van der Waals surface area (Å²) in [6.07, 6.45) is 8.51. The van der Waals surface area contributed by atoms with E-state index in [9.17, 15) is 15.0 Å². The number of likely N-dealkylation sites (N-methyl/N-ethyl adjacent to an activating group) is 1. The lowest BCUT2D eigenvalue weighted by Crippen LogP contribution is -2.78. The first-order valence-corrected chi connectivity index (χ1v) is 13.4. The molecule has 6 nitrogen and oxygen atoms in total. The molecule has 5 aliphatic rings. The SMILES string of the molecule is CN(C(=O)/C=C/c1ccccc1)C1CC[C@@]2(O)[C@H]3Cc4ccc(O)c5c4[C@@]2(CCN3CC2CC2)[C@H]1O5. The molecular formula is C30H34N2O4. The molecule has 188 valence electrons. The zero-order valence-electron chi connectivity index (χ0n) is 20.8. The van der Waals surface area contributed by atoms with Crippen molar-refractivity contribution in [2.24, 2.45) is 5.92 Å². The Morgan fingerprint density at radius 1 is 1.17 bits per heavy atom. The molecule has 2 heterocycles. The van der Waals surface area contributed by atoms with E-state index in [1.807, 2.05) is 49.5 Å². The monoisotopic (exact) mass is 486 g/mol. The molecule has 2 aliphatic heterocycles. The molecule has 1 unspecified atom stereocenters. The maximum absolute atomic E-state index is 13.3. The number of benzene rings is 2. The lowest BCUT2D eigenvalue weighted by Gasteiger charge is -2.64. The number of piperidine rings is 1. The number of aromatic hydroxyl groups is 1. The normalized spacial score (nSPS) is 34.3. The van der Waals surface area contributed by atoms with Crippen LogP contribution in [0.5, 0.6) is 11.5 Å². The van der Waals surface area contributed by atoms with E-state index in [4.69, 9.17) is 4.74 Å². The van der Waals surface area contributed by atoms with Gasteiger partial charge in [-0.2, -0.15) is 0 Å². The topological polar surface area (TPSA) is 73.2 Å². The van der Waals surface area contributed by atoms with Crippen LogP contribution in [-0.4, -0.2) is 69.8 Å². The zero-order valence-corrected chi connectivity index (χ0v) is 20.8. The van der Waals surface area contributed by atoms with Crippen molar-refractivity contribution in [1.29, 1.82) is 0 Å². The Morgan fingerprint density at radius 2 is 1.97 bits per heavy atom. The van der Waals surface area contributed by atoms with Crippen LogP contribution in [0, 0.1) is 5.92 Å². The molecule has 2 saturated carbocycles. The van der Waals surface area contributed by atoms with Crippen LogP contribution < -0.4 is 4.74 Å². The van der Waals surface area contributed by atoms with Gasteiger partial charge in [0.2, 0.25) is 5.91 Å². The first-order valence-electron chi connectivity index (χ1n) is 13.4. The number of hydrogen-bond acceptors (Lipinski definition) is 5. The lowest BCUT2D eigenvalue weighted by molar-refractivity contribution is -0.200. The number of amides is 1. The van der Waals surface area contributed by atoms with E-state index in [1.54, 1.807) is 17.0 Å². The molecule has 2 aromatic rings. The molecule has 2 bridgehead atoms. The zero-order chi connectivity index (χ0) is 24.7. The van der Waals surface area contributed by atoms with Crippen molar-refractivity contribution < 1.29 is 19.7 Å². The van der Waals surface area contributed by atoms with Crippen molar-refractivity contribution in [3.05, 3.63) is 65.2 Å². The quantitative estimate of drug-likeness (QED) is 0.633. The average Bonchev–Trinajstić information content (AvgIpc) is 3.63. The molecular weight excluding hydrogens is 452 g/mol. The van der Waals surface area contributed by atoms with Crippen LogP contribution in [0.2, 0.25) is 0 Å².